The molecule has 0 bridgehead atoms. The fourth-order valence-corrected chi connectivity index (χ4v) is 7.28. The summed E-state index contributed by atoms with van der Waals surface area (Å²) in [6.45, 7) is 2.01. The summed E-state index contributed by atoms with van der Waals surface area (Å²) in [6, 6.07) is 26.6. The lowest BCUT2D eigenvalue weighted by Gasteiger charge is -2.27. The van der Waals surface area contributed by atoms with E-state index in [1.807, 2.05) is 42.5 Å². The molecule has 4 aromatic carbocycles. The zero-order valence-corrected chi connectivity index (χ0v) is 30.5. The summed E-state index contributed by atoms with van der Waals surface area (Å²) in [7, 11) is 4.57. The van der Waals surface area contributed by atoms with Gasteiger partial charge in [0.15, 0.2) is 27.8 Å². The number of thiazole rings is 1. The van der Waals surface area contributed by atoms with Gasteiger partial charge in [0.1, 0.15) is 12.6 Å². The molecule has 1 atom stereocenters. The second kappa shape index (κ2) is 15.5. The largest absolute Gasteiger partial charge is 0.493 e. The average Bonchev–Trinajstić information content (AvgIpc) is 3.47. The Morgan fingerprint density at radius 1 is 0.961 bits per heavy atom. The second-order valence-electron chi connectivity index (χ2n) is 11.1. The maximum Gasteiger partial charge on any atom is 0.338 e. The van der Waals surface area contributed by atoms with E-state index in [9.17, 15) is 14.9 Å². The lowest BCUT2D eigenvalue weighted by molar-refractivity contribution is -0.138. The van der Waals surface area contributed by atoms with Crippen molar-refractivity contribution in [3.8, 4) is 29.1 Å². The van der Waals surface area contributed by atoms with Crippen molar-refractivity contribution in [2.24, 2.45) is 4.99 Å². The number of rotatable bonds is 11. The first-order valence-electron chi connectivity index (χ1n) is 15.8. The van der Waals surface area contributed by atoms with E-state index in [1.165, 1.54) is 37.2 Å². The third kappa shape index (κ3) is 6.91. The first-order valence-corrected chi connectivity index (χ1v) is 17.4. The highest BCUT2D eigenvalue weighted by atomic mass is 79.9. The topological polar surface area (TPSA) is 121 Å². The normalized spacial score (nSPS) is 13.9. The molecule has 2 heterocycles. The minimum atomic E-state index is -0.965. The molecule has 0 saturated heterocycles. The summed E-state index contributed by atoms with van der Waals surface area (Å²) < 4.78 is 31.3. The van der Waals surface area contributed by atoms with Crippen LogP contribution < -0.4 is 33.8 Å². The third-order valence-corrected chi connectivity index (χ3v) is 9.86. The Kier molecular flexibility index (Phi) is 10.7. The quantitative estimate of drug-likeness (QED) is 0.146. The number of aromatic nitrogens is 1. The van der Waals surface area contributed by atoms with Gasteiger partial charge in [0.05, 0.1) is 55.4 Å². The molecular weight excluding hydrogens is 734 g/mol. The van der Waals surface area contributed by atoms with Gasteiger partial charge in [0.2, 0.25) is 0 Å². The average molecular weight is 767 g/mol. The predicted octanol–water partition coefficient (Wildman–Crippen LogP) is 6.17. The third-order valence-electron chi connectivity index (χ3n) is 8.19. The minimum absolute atomic E-state index is 0.122. The van der Waals surface area contributed by atoms with Crippen LogP contribution in [0.15, 0.2) is 105 Å². The molecule has 1 aromatic heterocycles. The van der Waals surface area contributed by atoms with Crippen LogP contribution in [-0.2, 0) is 16.1 Å². The van der Waals surface area contributed by atoms with Crippen molar-refractivity contribution in [1.82, 2.24) is 4.57 Å². The second-order valence-corrected chi connectivity index (χ2v) is 13.0. The van der Waals surface area contributed by atoms with E-state index in [2.05, 4.69) is 22.0 Å². The monoisotopic (exact) mass is 765 g/mol. The number of hydrogen-bond donors (Lipinski definition) is 0. The van der Waals surface area contributed by atoms with Crippen LogP contribution in [0.2, 0.25) is 0 Å². The van der Waals surface area contributed by atoms with E-state index in [1.54, 1.807) is 55.5 Å². The molecule has 0 saturated carbocycles. The van der Waals surface area contributed by atoms with Crippen LogP contribution in [0.3, 0.4) is 0 Å². The molecule has 0 amide bonds. The van der Waals surface area contributed by atoms with Gasteiger partial charge in [-0.1, -0.05) is 87.9 Å². The number of nitriles is 1. The van der Waals surface area contributed by atoms with Crippen LogP contribution in [0.1, 0.15) is 40.8 Å². The molecule has 5 aromatic rings. The number of halogens is 1. The molecule has 12 heteroatoms. The number of carbonyl (C=O) groups is 1. The van der Waals surface area contributed by atoms with Crippen molar-refractivity contribution in [2.45, 2.75) is 19.6 Å². The van der Waals surface area contributed by atoms with Gasteiger partial charge in [-0.2, -0.15) is 5.26 Å². The van der Waals surface area contributed by atoms with E-state index in [0.717, 1.165) is 5.56 Å². The summed E-state index contributed by atoms with van der Waals surface area (Å²) in [4.78, 5) is 33.7. The summed E-state index contributed by atoms with van der Waals surface area (Å²) in [5.74, 6) is 1.09. The predicted molar refractivity (Wildman–Crippen MR) is 197 cm³/mol. The fourth-order valence-electron chi connectivity index (χ4n) is 5.85. The summed E-state index contributed by atoms with van der Waals surface area (Å²) in [6.07, 6.45) is 1.74. The number of methoxy groups -OCH3 is 3. The highest BCUT2D eigenvalue weighted by Crippen LogP contribution is 2.42. The van der Waals surface area contributed by atoms with Crippen LogP contribution in [0.5, 0.6) is 23.0 Å². The maximum atomic E-state index is 14.5. The first kappa shape index (κ1) is 35.2. The van der Waals surface area contributed by atoms with Crippen molar-refractivity contribution in [3.63, 3.8) is 0 Å². The van der Waals surface area contributed by atoms with Crippen LogP contribution in [0, 0.1) is 11.3 Å². The van der Waals surface area contributed by atoms with Crippen LogP contribution in [-0.4, -0.2) is 38.5 Å². The molecule has 6 rings (SSSR count). The zero-order valence-electron chi connectivity index (χ0n) is 28.1. The van der Waals surface area contributed by atoms with Crippen molar-refractivity contribution >= 4 is 45.0 Å². The molecule has 1 aliphatic heterocycles. The molecule has 0 aliphatic carbocycles. The molecule has 0 N–H and O–H groups in total. The van der Waals surface area contributed by atoms with Crippen molar-refractivity contribution < 1.29 is 28.5 Å². The Hall–Kier alpha value is -5.64. The summed E-state index contributed by atoms with van der Waals surface area (Å²) in [5.41, 5.74) is 3.32. The Morgan fingerprint density at radius 2 is 1.71 bits per heavy atom. The Balaban J connectivity index is 1.54. The van der Waals surface area contributed by atoms with E-state index in [0.29, 0.717) is 64.8 Å². The summed E-state index contributed by atoms with van der Waals surface area (Å²) >= 11 is 4.83. The van der Waals surface area contributed by atoms with Crippen molar-refractivity contribution in [3.05, 3.63) is 142 Å². The van der Waals surface area contributed by atoms with Crippen molar-refractivity contribution in [2.75, 3.05) is 27.9 Å². The van der Waals surface area contributed by atoms with Crippen LogP contribution in [0.4, 0.5) is 0 Å². The number of carbonyl (C=O) groups excluding carboxylic acids is 1. The zero-order chi connectivity index (χ0) is 36.1. The molecule has 10 nitrogen and oxygen atoms in total. The molecule has 1 unspecified atom stereocenters. The van der Waals surface area contributed by atoms with E-state index in [4.69, 9.17) is 28.7 Å². The fraction of sp³-hybridized carbons (Fsp3) is 0.179. The molecule has 0 radical (unpaired) electrons. The van der Waals surface area contributed by atoms with Gasteiger partial charge in [-0.3, -0.25) is 9.36 Å². The van der Waals surface area contributed by atoms with Gasteiger partial charge < -0.3 is 23.7 Å². The van der Waals surface area contributed by atoms with Gasteiger partial charge in [0.25, 0.3) is 5.56 Å². The number of benzene rings is 4. The van der Waals surface area contributed by atoms with Crippen LogP contribution in [0.25, 0.3) is 11.8 Å². The first-order chi connectivity index (χ1) is 24.8. The van der Waals surface area contributed by atoms with Gasteiger partial charge in [-0.05, 0) is 42.8 Å². The number of esters is 1. The molecule has 51 heavy (non-hydrogen) atoms. The highest BCUT2D eigenvalue weighted by molar-refractivity contribution is 9.10. The number of hydrogen-bond acceptors (Lipinski definition) is 10. The van der Waals surface area contributed by atoms with E-state index >= 15 is 0 Å². The Labute approximate surface area is 306 Å². The molecule has 258 valence electrons. The van der Waals surface area contributed by atoms with Crippen molar-refractivity contribution in [1.29, 1.82) is 5.26 Å². The Morgan fingerprint density at radius 3 is 2.41 bits per heavy atom. The highest BCUT2D eigenvalue weighted by Gasteiger charge is 2.37. The lowest BCUT2D eigenvalue weighted by atomic mass is 9.92. The van der Waals surface area contributed by atoms with E-state index < -0.39 is 12.0 Å². The Bertz CT molecular complexity index is 2380. The van der Waals surface area contributed by atoms with Gasteiger partial charge in [-0.25, -0.2) is 9.79 Å². The number of fused-ring (bicyclic) bond motifs is 1. The lowest BCUT2D eigenvalue weighted by Crippen LogP contribution is -2.40. The number of nitrogens with zero attached hydrogens (tertiary/aromatic N) is 3. The SMILES string of the molecule is CCOC(=O)C1=C(c2ccccc2)N=c2s/c(=C\c3cc(OC)c(OCc4ccccc4C#N)cc3Br)c(=O)n2C1c1cccc(OC)c1OC. The maximum absolute atomic E-state index is 14.5. The van der Waals surface area contributed by atoms with Gasteiger partial charge in [-0.15, -0.1) is 0 Å². The minimum Gasteiger partial charge on any atom is -0.493 e. The van der Waals surface area contributed by atoms with Gasteiger partial charge in [0, 0.05) is 21.2 Å². The standard InChI is InChI=1S/C39H32BrN3O7S/c1-5-49-38(45)33-34(23-12-7-6-8-13-23)42-39-43(35(33)27-16-11-17-29(46-2)36(27)48-4)37(44)32(51-39)19-26-18-30(47-3)31(20-28(26)40)50-22-25-15-10-9-14-24(25)21-41/h6-20,35H,5,22H2,1-4H3/b32-19-. The molecule has 1 aliphatic rings. The summed E-state index contributed by atoms with van der Waals surface area (Å²) in [5, 5.41) is 9.48. The molecular formula is C39H32BrN3O7S. The number of para-hydroxylation sites is 1. The van der Waals surface area contributed by atoms with E-state index in [-0.39, 0.29) is 24.3 Å². The smallest absolute Gasteiger partial charge is 0.338 e. The molecule has 0 fully saturated rings. The number of ether oxygens (including phenoxy) is 5. The van der Waals surface area contributed by atoms with Crippen LogP contribution >= 0.6 is 27.3 Å². The van der Waals surface area contributed by atoms with Gasteiger partial charge >= 0.3 is 5.97 Å². The molecule has 0 spiro atoms.